The second kappa shape index (κ2) is 8.61. The van der Waals surface area contributed by atoms with Crippen molar-refractivity contribution < 1.29 is 22.8 Å². The predicted octanol–water partition coefficient (Wildman–Crippen LogP) is 4.02. The maximum absolute atomic E-state index is 12.9. The van der Waals surface area contributed by atoms with Crippen LogP contribution in [0.5, 0.6) is 0 Å². The molecule has 32 heavy (non-hydrogen) atoms. The van der Waals surface area contributed by atoms with Crippen molar-refractivity contribution in [3.05, 3.63) is 81.2 Å². The van der Waals surface area contributed by atoms with Crippen LogP contribution >= 0.6 is 22.9 Å². The van der Waals surface area contributed by atoms with Gasteiger partial charge in [0.2, 0.25) is 5.91 Å². The molecule has 0 spiro atoms. The lowest BCUT2D eigenvalue weighted by Crippen LogP contribution is -2.42. The number of aryl methyl sites for hydroxylation is 1. The third-order valence-corrected chi connectivity index (χ3v) is 8.58. The molecule has 0 saturated heterocycles. The summed E-state index contributed by atoms with van der Waals surface area (Å²) in [5.74, 6) is -1.79. The predicted molar refractivity (Wildman–Crippen MR) is 123 cm³/mol. The van der Waals surface area contributed by atoms with Gasteiger partial charge in [-0.1, -0.05) is 41.4 Å². The van der Waals surface area contributed by atoms with E-state index in [2.05, 4.69) is 0 Å². The van der Waals surface area contributed by atoms with Gasteiger partial charge in [-0.3, -0.25) is 14.4 Å². The Morgan fingerprint density at radius 3 is 2.44 bits per heavy atom. The van der Waals surface area contributed by atoms with Crippen LogP contribution in [0.3, 0.4) is 0 Å². The largest absolute Gasteiger partial charge is 0.298 e. The number of hydrogen-bond acceptors (Lipinski definition) is 6. The van der Waals surface area contributed by atoms with Gasteiger partial charge in [0.05, 0.1) is 16.4 Å². The molecule has 2 heterocycles. The first-order valence-corrected chi connectivity index (χ1v) is 12.5. The summed E-state index contributed by atoms with van der Waals surface area (Å²) in [6.07, 6.45) is 0.0518. The fourth-order valence-corrected chi connectivity index (χ4v) is 6.42. The quantitative estimate of drug-likeness (QED) is 0.490. The maximum atomic E-state index is 12.9. The Kier molecular flexibility index (Phi) is 6.03. The Hall–Kier alpha value is -2.81. The zero-order valence-electron chi connectivity index (χ0n) is 17.0. The highest BCUT2D eigenvalue weighted by molar-refractivity contribution is 7.94. The maximum Gasteiger partial charge on any atom is 0.265 e. The van der Waals surface area contributed by atoms with E-state index in [1.54, 1.807) is 30.3 Å². The SMILES string of the molecule is Cc1ccc2c(c1)CC(=O)N(c1ccc(CC(=O)CS(=O)(=O)c3ccc(Cl)s3)cc1)C2=O. The van der Waals surface area contributed by atoms with Gasteiger partial charge in [0.25, 0.3) is 5.91 Å². The first-order chi connectivity index (χ1) is 15.1. The van der Waals surface area contributed by atoms with Crippen molar-refractivity contribution in [1.29, 1.82) is 0 Å². The normalized spacial score (nSPS) is 13.9. The van der Waals surface area contributed by atoms with Gasteiger partial charge in [-0.15, -0.1) is 11.3 Å². The van der Waals surface area contributed by atoms with E-state index in [1.807, 2.05) is 19.1 Å². The number of nitrogens with zero attached hydrogens (tertiary/aromatic N) is 1. The molecule has 0 N–H and O–H groups in total. The molecular formula is C23H18ClNO5S2. The van der Waals surface area contributed by atoms with Crippen molar-refractivity contribution in [2.45, 2.75) is 24.0 Å². The lowest BCUT2D eigenvalue weighted by atomic mass is 9.96. The summed E-state index contributed by atoms with van der Waals surface area (Å²) in [5.41, 5.74) is 3.19. The summed E-state index contributed by atoms with van der Waals surface area (Å²) in [6.45, 7) is 1.91. The third kappa shape index (κ3) is 4.53. The molecule has 2 amide bonds. The van der Waals surface area contributed by atoms with E-state index in [4.69, 9.17) is 11.6 Å². The van der Waals surface area contributed by atoms with E-state index in [9.17, 15) is 22.8 Å². The number of sulfone groups is 1. The van der Waals surface area contributed by atoms with Crippen LogP contribution < -0.4 is 4.90 Å². The molecule has 0 atom stereocenters. The van der Waals surface area contributed by atoms with E-state index < -0.39 is 21.4 Å². The second-order valence-electron chi connectivity index (χ2n) is 7.57. The average Bonchev–Trinajstić information content (AvgIpc) is 3.16. The van der Waals surface area contributed by atoms with Crippen LogP contribution in [0, 0.1) is 6.92 Å². The van der Waals surface area contributed by atoms with Gasteiger partial charge in [0.1, 0.15) is 9.96 Å². The molecule has 3 aromatic rings. The van der Waals surface area contributed by atoms with Crippen molar-refractivity contribution in [3.8, 4) is 0 Å². The molecule has 0 fully saturated rings. The lowest BCUT2D eigenvalue weighted by Gasteiger charge is -2.27. The Bertz CT molecular complexity index is 1340. The summed E-state index contributed by atoms with van der Waals surface area (Å²) < 4.78 is 25.1. The average molecular weight is 488 g/mol. The number of amides is 2. The highest BCUT2D eigenvalue weighted by Gasteiger charge is 2.32. The van der Waals surface area contributed by atoms with E-state index >= 15 is 0 Å². The van der Waals surface area contributed by atoms with Crippen molar-refractivity contribution >= 4 is 56.1 Å². The molecule has 4 rings (SSSR count). The zero-order valence-corrected chi connectivity index (χ0v) is 19.4. The van der Waals surface area contributed by atoms with Crippen LogP contribution in [0.4, 0.5) is 5.69 Å². The zero-order chi connectivity index (χ0) is 23.0. The van der Waals surface area contributed by atoms with Gasteiger partial charge < -0.3 is 0 Å². The fourth-order valence-electron chi connectivity index (χ4n) is 3.60. The number of thiophene rings is 1. The van der Waals surface area contributed by atoms with Crippen LogP contribution in [0.25, 0.3) is 0 Å². The number of imide groups is 1. The Labute approximate surface area is 194 Å². The molecule has 1 aromatic heterocycles. The molecular weight excluding hydrogens is 470 g/mol. The molecule has 0 radical (unpaired) electrons. The van der Waals surface area contributed by atoms with Crippen LogP contribution in [0.1, 0.15) is 27.0 Å². The Balaban J connectivity index is 1.47. The van der Waals surface area contributed by atoms with Gasteiger partial charge in [-0.2, -0.15) is 0 Å². The fraction of sp³-hybridized carbons (Fsp3) is 0.174. The summed E-state index contributed by atoms with van der Waals surface area (Å²) in [7, 11) is -3.74. The minimum atomic E-state index is -3.74. The first-order valence-electron chi connectivity index (χ1n) is 9.69. The molecule has 1 aliphatic heterocycles. The van der Waals surface area contributed by atoms with Crippen molar-refractivity contribution in [1.82, 2.24) is 0 Å². The molecule has 0 saturated carbocycles. The number of halogens is 1. The number of hydrogen-bond donors (Lipinski definition) is 0. The van der Waals surface area contributed by atoms with Gasteiger partial charge in [-0.05, 0) is 48.4 Å². The van der Waals surface area contributed by atoms with Crippen LogP contribution in [0.2, 0.25) is 4.34 Å². The standard InChI is InChI=1S/C23H18ClNO5S2/c1-14-2-7-19-16(10-14)12-21(27)25(23(19)28)17-5-3-15(4-6-17)11-18(26)13-32(29,30)22-9-8-20(24)31-22/h2-10H,11-13H2,1H3. The van der Waals surface area contributed by atoms with E-state index in [1.165, 1.54) is 12.1 Å². The molecule has 0 aliphatic carbocycles. The van der Waals surface area contributed by atoms with E-state index in [0.29, 0.717) is 26.7 Å². The molecule has 2 aromatic carbocycles. The van der Waals surface area contributed by atoms with Gasteiger partial charge in [0, 0.05) is 12.0 Å². The molecule has 0 unspecified atom stereocenters. The topological polar surface area (TPSA) is 88.6 Å². The highest BCUT2D eigenvalue weighted by Crippen LogP contribution is 2.28. The number of rotatable bonds is 6. The van der Waals surface area contributed by atoms with Crippen molar-refractivity contribution in [3.63, 3.8) is 0 Å². The van der Waals surface area contributed by atoms with Crippen molar-refractivity contribution in [2.75, 3.05) is 10.7 Å². The Morgan fingerprint density at radius 1 is 1.06 bits per heavy atom. The first kappa shape index (κ1) is 22.4. The monoisotopic (exact) mass is 487 g/mol. The lowest BCUT2D eigenvalue weighted by molar-refractivity contribution is -0.118. The van der Waals surface area contributed by atoms with Gasteiger partial charge >= 0.3 is 0 Å². The molecule has 1 aliphatic rings. The summed E-state index contributed by atoms with van der Waals surface area (Å²) in [6, 6.07) is 14.7. The number of carbonyl (C=O) groups is 3. The Morgan fingerprint density at radius 2 is 1.78 bits per heavy atom. The number of ketones is 1. The number of anilines is 1. The van der Waals surface area contributed by atoms with Gasteiger partial charge in [-0.25, -0.2) is 13.3 Å². The molecule has 0 bridgehead atoms. The summed E-state index contributed by atoms with van der Waals surface area (Å²) in [5, 5.41) is 0. The number of fused-ring (bicyclic) bond motifs is 1. The molecule has 9 heteroatoms. The molecule has 164 valence electrons. The highest BCUT2D eigenvalue weighted by atomic mass is 35.5. The van der Waals surface area contributed by atoms with Crippen LogP contribution in [-0.2, 0) is 32.3 Å². The van der Waals surface area contributed by atoms with Gasteiger partial charge in [0.15, 0.2) is 15.6 Å². The number of carbonyl (C=O) groups excluding carboxylic acids is 3. The minimum Gasteiger partial charge on any atom is -0.298 e. The summed E-state index contributed by atoms with van der Waals surface area (Å²) in [4.78, 5) is 39.0. The number of Topliss-reactive ketones (excluding diaryl/α,β-unsaturated/α-hetero) is 1. The third-order valence-electron chi connectivity index (χ3n) is 5.09. The second-order valence-corrected chi connectivity index (χ2v) is 11.5. The minimum absolute atomic E-state index is 0.0591. The smallest absolute Gasteiger partial charge is 0.265 e. The van der Waals surface area contributed by atoms with E-state index in [-0.39, 0.29) is 28.9 Å². The summed E-state index contributed by atoms with van der Waals surface area (Å²) >= 11 is 6.70. The molecule has 6 nitrogen and oxygen atoms in total. The number of benzene rings is 2. The van der Waals surface area contributed by atoms with Crippen LogP contribution in [-0.4, -0.2) is 31.8 Å². The van der Waals surface area contributed by atoms with Crippen molar-refractivity contribution in [2.24, 2.45) is 0 Å². The van der Waals surface area contributed by atoms with E-state index in [0.717, 1.165) is 21.8 Å². The van der Waals surface area contributed by atoms with Crippen LogP contribution in [0.15, 0.2) is 58.8 Å².